The Morgan fingerprint density at radius 1 is 1.19 bits per heavy atom. The molecule has 0 unspecified atom stereocenters. The lowest BCUT2D eigenvalue weighted by Crippen LogP contribution is -2.17. The van der Waals surface area contributed by atoms with Gasteiger partial charge in [-0.05, 0) is 29.0 Å². The number of anilines is 1. The van der Waals surface area contributed by atoms with Gasteiger partial charge in [0.2, 0.25) is 11.8 Å². The molecule has 2 aromatic carbocycles. The van der Waals surface area contributed by atoms with Crippen molar-refractivity contribution >= 4 is 18.2 Å². The Kier molecular flexibility index (Phi) is 4.43. The predicted molar refractivity (Wildman–Crippen MR) is 103 cm³/mol. The van der Waals surface area contributed by atoms with E-state index in [1.807, 2.05) is 48.5 Å². The first-order valence-corrected chi connectivity index (χ1v) is 8.56. The van der Waals surface area contributed by atoms with Gasteiger partial charge in [0.05, 0.1) is 24.2 Å². The number of aliphatic hydroxyl groups excluding tert-OH is 1. The number of nitrogens with one attached hydrogen (secondary N) is 1. The Labute approximate surface area is 155 Å². The van der Waals surface area contributed by atoms with Crippen LogP contribution in [0.5, 0.6) is 5.88 Å². The van der Waals surface area contributed by atoms with Crippen LogP contribution in [-0.4, -0.2) is 32.6 Å². The maximum absolute atomic E-state index is 10.5. The van der Waals surface area contributed by atoms with Gasteiger partial charge in [-0.3, -0.25) is 4.57 Å². The minimum absolute atomic E-state index is 0.0427. The highest BCUT2D eigenvalue weighted by Crippen LogP contribution is 2.25. The number of benzene rings is 2. The Hall–Kier alpha value is -3.45. The van der Waals surface area contributed by atoms with Gasteiger partial charge in [0, 0.05) is 12.6 Å². The van der Waals surface area contributed by atoms with E-state index < -0.39 is 0 Å². The van der Waals surface area contributed by atoms with Crippen molar-refractivity contribution in [3.05, 3.63) is 75.9 Å². The quantitative estimate of drug-likeness (QED) is 0.633. The molecule has 0 fully saturated rings. The molecule has 4 rings (SSSR count). The number of aliphatic hydroxyl groups is 1. The van der Waals surface area contributed by atoms with Gasteiger partial charge in [-0.2, -0.15) is 10.2 Å². The molecule has 7 nitrogen and oxygen atoms in total. The van der Waals surface area contributed by atoms with Crippen LogP contribution in [0.25, 0.3) is 6.08 Å². The van der Waals surface area contributed by atoms with E-state index in [4.69, 9.17) is 0 Å². The molecule has 1 aliphatic heterocycles. The summed E-state index contributed by atoms with van der Waals surface area (Å²) >= 11 is 0. The van der Waals surface area contributed by atoms with Crippen molar-refractivity contribution in [2.45, 2.75) is 6.04 Å². The van der Waals surface area contributed by atoms with E-state index in [2.05, 4.69) is 20.5 Å². The van der Waals surface area contributed by atoms with Crippen LogP contribution in [-0.2, 0) is 7.05 Å². The summed E-state index contributed by atoms with van der Waals surface area (Å²) in [6, 6.07) is 15.0. The number of hydrogen-bond donors (Lipinski definition) is 3. The van der Waals surface area contributed by atoms with Crippen LogP contribution in [0.4, 0.5) is 5.95 Å². The highest BCUT2D eigenvalue weighted by atomic mass is 16.3. The molecule has 0 bridgehead atoms. The van der Waals surface area contributed by atoms with Crippen LogP contribution in [0.1, 0.15) is 22.9 Å². The molecule has 136 valence electrons. The second-order valence-electron chi connectivity index (χ2n) is 6.30. The zero-order valence-electron chi connectivity index (χ0n) is 14.7. The molecular weight excluding hydrogens is 342 g/mol. The fourth-order valence-corrected chi connectivity index (χ4v) is 2.98. The average Bonchev–Trinajstić information content (AvgIpc) is 3.27. The Morgan fingerprint density at radius 3 is 2.78 bits per heavy atom. The lowest BCUT2D eigenvalue weighted by atomic mass is 10.1. The molecule has 0 saturated carbocycles. The van der Waals surface area contributed by atoms with E-state index in [9.17, 15) is 10.2 Å². The molecule has 7 heteroatoms. The molecule has 27 heavy (non-hydrogen) atoms. The SMILES string of the molecule is Cn1c(N[C@@H](CO)c2ccccc2)nc(/C=c2\ccc3c(c2)C=NN=3)c1O. The third-order valence-corrected chi connectivity index (χ3v) is 4.50. The lowest BCUT2D eigenvalue weighted by molar-refractivity contribution is 0.275. The molecule has 3 aromatic rings. The van der Waals surface area contributed by atoms with Crippen LogP contribution in [0.3, 0.4) is 0 Å². The van der Waals surface area contributed by atoms with Crippen molar-refractivity contribution in [1.29, 1.82) is 0 Å². The molecule has 2 heterocycles. The van der Waals surface area contributed by atoms with Gasteiger partial charge in [0.25, 0.3) is 0 Å². The van der Waals surface area contributed by atoms with Gasteiger partial charge in [-0.15, -0.1) is 0 Å². The summed E-state index contributed by atoms with van der Waals surface area (Å²) in [7, 11) is 1.72. The number of nitrogens with zero attached hydrogens (tertiary/aromatic N) is 4. The van der Waals surface area contributed by atoms with E-state index in [0.717, 1.165) is 21.7 Å². The maximum atomic E-state index is 10.5. The lowest BCUT2D eigenvalue weighted by Gasteiger charge is -2.17. The number of aromatic hydroxyl groups is 1. The highest BCUT2D eigenvalue weighted by Gasteiger charge is 2.17. The zero-order chi connectivity index (χ0) is 18.8. The standard InChI is InChI=1S/C20H19N5O2/c1-25-19(27)17(10-13-7-8-16-15(9-13)11-21-24-16)22-20(25)23-18(12-26)14-5-3-2-4-6-14/h2-11,18,26-27H,12H2,1H3,(H,22,23)/b13-10+/t18-/m0/s1. The summed E-state index contributed by atoms with van der Waals surface area (Å²) in [6.07, 6.45) is 3.49. The van der Waals surface area contributed by atoms with E-state index in [0.29, 0.717) is 11.6 Å². The third-order valence-electron chi connectivity index (χ3n) is 4.50. The minimum atomic E-state index is -0.322. The topological polar surface area (TPSA) is 95.0 Å². The van der Waals surface area contributed by atoms with E-state index in [1.54, 1.807) is 23.9 Å². The van der Waals surface area contributed by atoms with Gasteiger partial charge in [0.1, 0.15) is 5.69 Å². The smallest absolute Gasteiger partial charge is 0.220 e. The van der Waals surface area contributed by atoms with Crippen molar-refractivity contribution in [3.63, 3.8) is 0 Å². The van der Waals surface area contributed by atoms with Crippen LogP contribution < -0.4 is 15.9 Å². The van der Waals surface area contributed by atoms with Gasteiger partial charge < -0.3 is 15.5 Å². The molecule has 1 aromatic heterocycles. The Morgan fingerprint density at radius 2 is 2.00 bits per heavy atom. The predicted octanol–water partition coefficient (Wildman–Crippen LogP) is 1.07. The number of fused-ring (bicyclic) bond motifs is 1. The number of imidazole rings is 1. The summed E-state index contributed by atoms with van der Waals surface area (Å²) in [6.45, 7) is -0.0929. The zero-order valence-corrected chi connectivity index (χ0v) is 14.7. The first-order valence-electron chi connectivity index (χ1n) is 8.56. The fourth-order valence-electron chi connectivity index (χ4n) is 2.98. The molecule has 0 saturated heterocycles. The molecule has 3 N–H and O–H groups in total. The first-order chi connectivity index (χ1) is 13.2. The largest absolute Gasteiger partial charge is 0.493 e. The molecule has 0 amide bonds. The van der Waals surface area contributed by atoms with Gasteiger partial charge in [-0.1, -0.05) is 36.4 Å². The van der Waals surface area contributed by atoms with Crippen molar-refractivity contribution in [3.8, 4) is 5.88 Å². The fraction of sp³-hybridized carbons (Fsp3) is 0.150. The number of hydrogen-bond acceptors (Lipinski definition) is 6. The monoisotopic (exact) mass is 361 g/mol. The van der Waals surface area contributed by atoms with Gasteiger partial charge >= 0.3 is 0 Å². The number of aromatic nitrogens is 2. The van der Waals surface area contributed by atoms with E-state index in [1.165, 1.54) is 0 Å². The first kappa shape index (κ1) is 17.0. The van der Waals surface area contributed by atoms with Crippen molar-refractivity contribution < 1.29 is 10.2 Å². The van der Waals surface area contributed by atoms with Crippen LogP contribution >= 0.6 is 0 Å². The Balaban J connectivity index is 1.66. The summed E-state index contributed by atoms with van der Waals surface area (Å²) in [5, 5.41) is 33.0. The number of rotatable bonds is 5. The normalized spacial score (nSPS) is 14.1. The van der Waals surface area contributed by atoms with E-state index >= 15 is 0 Å². The Bertz CT molecular complexity index is 1120. The average molecular weight is 361 g/mol. The molecule has 1 atom stereocenters. The van der Waals surface area contributed by atoms with Crippen molar-refractivity contribution in [1.82, 2.24) is 9.55 Å². The molecule has 0 aliphatic carbocycles. The maximum Gasteiger partial charge on any atom is 0.220 e. The van der Waals surface area contributed by atoms with Crippen LogP contribution in [0.15, 0.2) is 58.7 Å². The summed E-state index contributed by atoms with van der Waals surface area (Å²) in [5.74, 6) is 0.514. The van der Waals surface area contributed by atoms with Gasteiger partial charge in [-0.25, -0.2) is 4.98 Å². The second-order valence-corrected chi connectivity index (χ2v) is 6.30. The molecule has 1 aliphatic rings. The minimum Gasteiger partial charge on any atom is -0.493 e. The van der Waals surface area contributed by atoms with Crippen LogP contribution in [0, 0.1) is 0 Å². The summed E-state index contributed by atoms with van der Waals surface area (Å²) < 4.78 is 1.56. The van der Waals surface area contributed by atoms with Gasteiger partial charge in [0.15, 0.2) is 0 Å². The second kappa shape index (κ2) is 7.05. The summed E-state index contributed by atoms with van der Waals surface area (Å²) in [4.78, 5) is 4.49. The van der Waals surface area contributed by atoms with Crippen molar-refractivity contribution in [2.75, 3.05) is 11.9 Å². The van der Waals surface area contributed by atoms with E-state index in [-0.39, 0.29) is 18.5 Å². The third kappa shape index (κ3) is 3.32. The summed E-state index contributed by atoms with van der Waals surface area (Å²) in [5.41, 5.74) is 2.31. The molecule has 0 spiro atoms. The van der Waals surface area contributed by atoms with Crippen LogP contribution in [0.2, 0.25) is 0 Å². The molecular formula is C20H19N5O2. The highest BCUT2D eigenvalue weighted by molar-refractivity contribution is 5.80. The van der Waals surface area contributed by atoms with Crippen molar-refractivity contribution in [2.24, 2.45) is 17.3 Å². The molecule has 0 radical (unpaired) electrons.